The molecular weight excluding hydrogens is 346 g/mol. The predicted octanol–water partition coefficient (Wildman–Crippen LogP) is 2.22. The van der Waals surface area contributed by atoms with Gasteiger partial charge in [-0.05, 0) is 42.0 Å². The Balaban J connectivity index is 2.17. The highest BCUT2D eigenvalue weighted by Crippen LogP contribution is 2.15. The van der Waals surface area contributed by atoms with Gasteiger partial charge in [-0.1, -0.05) is 23.7 Å². The van der Waals surface area contributed by atoms with E-state index in [0.29, 0.717) is 5.02 Å². The van der Waals surface area contributed by atoms with E-state index in [2.05, 4.69) is 4.72 Å². The number of nitrogens with one attached hydrogen (secondary N) is 1. The number of halogens is 1. The molecule has 0 unspecified atom stereocenters. The maximum atomic E-state index is 12.2. The van der Waals surface area contributed by atoms with Gasteiger partial charge in [0, 0.05) is 17.8 Å². The van der Waals surface area contributed by atoms with Gasteiger partial charge >= 0.3 is 0 Å². The largest absolute Gasteiger partial charge is 0.240 e. The summed E-state index contributed by atoms with van der Waals surface area (Å²) in [5.74, 6) is 0. The summed E-state index contributed by atoms with van der Waals surface area (Å²) < 4.78 is 49.5. The van der Waals surface area contributed by atoms with Gasteiger partial charge in [0.05, 0.1) is 9.79 Å². The molecule has 0 spiro atoms. The van der Waals surface area contributed by atoms with Gasteiger partial charge < -0.3 is 0 Å². The number of benzene rings is 2. The number of rotatable bonds is 5. The summed E-state index contributed by atoms with van der Waals surface area (Å²) in [6.45, 7) is 0.0940. The van der Waals surface area contributed by atoms with Crippen LogP contribution in [0.1, 0.15) is 5.56 Å². The summed E-state index contributed by atoms with van der Waals surface area (Å²) in [4.78, 5) is 0.0724. The summed E-state index contributed by atoms with van der Waals surface area (Å²) in [7, 11) is -7.08. The highest BCUT2D eigenvalue weighted by Gasteiger charge is 2.15. The van der Waals surface area contributed by atoms with Gasteiger partial charge in [-0.15, -0.1) is 0 Å². The Morgan fingerprint density at radius 1 is 0.955 bits per heavy atom. The minimum Gasteiger partial charge on any atom is -0.224 e. The van der Waals surface area contributed by atoms with E-state index in [-0.39, 0.29) is 16.3 Å². The zero-order valence-corrected chi connectivity index (χ0v) is 14.0. The highest BCUT2D eigenvalue weighted by molar-refractivity contribution is 7.90. The zero-order chi connectivity index (χ0) is 16.4. The first-order valence-electron chi connectivity index (χ1n) is 6.23. The molecular formula is C14H14ClNO4S2. The first-order chi connectivity index (χ1) is 10.2. The van der Waals surface area contributed by atoms with Crippen molar-refractivity contribution in [1.29, 1.82) is 0 Å². The van der Waals surface area contributed by atoms with Crippen molar-refractivity contribution in [3.63, 3.8) is 0 Å². The van der Waals surface area contributed by atoms with Crippen LogP contribution in [-0.4, -0.2) is 23.1 Å². The third-order valence-electron chi connectivity index (χ3n) is 2.92. The van der Waals surface area contributed by atoms with Gasteiger partial charge in [0.1, 0.15) is 0 Å². The molecule has 0 aliphatic rings. The second-order valence-electron chi connectivity index (χ2n) is 4.70. The normalized spacial score (nSPS) is 12.3. The Hall–Kier alpha value is -1.41. The Morgan fingerprint density at radius 3 is 2.09 bits per heavy atom. The SMILES string of the molecule is CS(=O)(=O)c1ccc(S(=O)(=O)NCc2cccc(Cl)c2)cc1. The third kappa shape index (κ3) is 4.30. The lowest BCUT2D eigenvalue weighted by atomic mass is 10.2. The summed E-state index contributed by atoms with van der Waals surface area (Å²) in [6, 6.07) is 11.9. The number of sulfonamides is 1. The van der Waals surface area contributed by atoms with Crippen LogP contribution in [0.2, 0.25) is 5.02 Å². The van der Waals surface area contributed by atoms with Crippen LogP contribution in [0.15, 0.2) is 58.3 Å². The zero-order valence-electron chi connectivity index (χ0n) is 11.7. The standard InChI is InChI=1S/C14H14ClNO4S2/c1-21(17,18)13-5-7-14(8-6-13)22(19,20)16-10-11-3-2-4-12(15)9-11/h2-9,16H,10H2,1H3. The summed E-state index contributed by atoms with van der Waals surface area (Å²) in [6.07, 6.45) is 1.06. The van der Waals surface area contributed by atoms with E-state index in [4.69, 9.17) is 11.6 Å². The van der Waals surface area contributed by atoms with E-state index in [1.54, 1.807) is 24.3 Å². The molecule has 0 aliphatic carbocycles. The van der Waals surface area contributed by atoms with Crippen molar-refractivity contribution >= 4 is 31.5 Å². The van der Waals surface area contributed by atoms with E-state index in [9.17, 15) is 16.8 Å². The third-order valence-corrected chi connectivity index (χ3v) is 5.70. The molecule has 0 saturated carbocycles. The molecule has 0 fully saturated rings. The molecule has 8 heteroatoms. The van der Waals surface area contributed by atoms with Crippen molar-refractivity contribution in [3.05, 3.63) is 59.1 Å². The minimum absolute atomic E-state index is 0.00179. The maximum Gasteiger partial charge on any atom is 0.240 e. The van der Waals surface area contributed by atoms with Crippen LogP contribution in [-0.2, 0) is 26.4 Å². The van der Waals surface area contributed by atoms with E-state index in [0.717, 1.165) is 11.8 Å². The molecule has 22 heavy (non-hydrogen) atoms. The molecule has 0 aliphatic heterocycles. The fraction of sp³-hybridized carbons (Fsp3) is 0.143. The van der Waals surface area contributed by atoms with Gasteiger partial charge in [0.2, 0.25) is 10.0 Å². The molecule has 0 saturated heterocycles. The molecule has 0 amide bonds. The quantitative estimate of drug-likeness (QED) is 0.887. The van der Waals surface area contributed by atoms with Gasteiger partial charge in [0.25, 0.3) is 0 Å². The van der Waals surface area contributed by atoms with Crippen molar-refractivity contribution < 1.29 is 16.8 Å². The Kier molecular flexibility index (Phi) is 4.91. The van der Waals surface area contributed by atoms with E-state index in [1.165, 1.54) is 24.3 Å². The Morgan fingerprint density at radius 2 is 1.55 bits per heavy atom. The first kappa shape index (κ1) is 17.0. The molecule has 2 aromatic rings. The van der Waals surface area contributed by atoms with Crippen LogP contribution < -0.4 is 4.72 Å². The fourth-order valence-electron chi connectivity index (χ4n) is 1.77. The molecule has 2 rings (SSSR count). The monoisotopic (exact) mass is 359 g/mol. The lowest BCUT2D eigenvalue weighted by Crippen LogP contribution is -2.23. The molecule has 1 N–H and O–H groups in total. The fourth-order valence-corrected chi connectivity index (χ4v) is 3.64. The molecule has 0 atom stereocenters. The molecule has 118 valence electrons. The molecule has 2 aromatic carbocycles. The van der Waals surface area contributed by atoms with Gasteiger partial charge in [-0.2, -0.15) is 0 Å². The van der Waals surface area contributed by atoms with Crippen molar-refractivity contribution in [2.24, 2.45) is 0 Å². The topological polar surface area (TPSA) is 80.3 Å². The minimum atomic E-state index is -3.72. The molecule has 5 nitrogen and oxygen atoms in total. The summed E-state index contributed by atoms with van der Waals surface area (Å²) in [5.41, 5.74) is 0.726. The van der Waals surface area contributed by atoms with E-state index < -0.39 is 19.9 Å². The Labute approximate surface area is 134 Å². The highest BCUT2D eigenvalue weighted by atomic mass is 35.5. The number of hydrogen-bond donors (Lipinski definition) is 1. The summed E-state index contributed by atoms with van der Waals surface area (Å²) >= 11 is 5.84. The van der Waals surface area contributed by atoms with Crippen LogP contribution >= 0.6 is 11.6 Å². The molecule has 0 radical (unpaired) electrons. The lowest BCUT2D eigenvalue weighted by Gasteiger charge is -2.08. The number of sulfone groups is 1. The average Bonchev–Trinajstić information content (AvgIpc) is 2.45. The predicted molar refractivity (Wildman–Crippen MR) is 85.0 cm³/mol. The van der Waals surface area contributed by atoms with Gasteiger partial charge in [0.15, 0.2) is 9.84 Å². The van der Waals surface area contributed by atoms with Crippen molar-refractivity contribution in [2.45, 2.75) is 16.3 Å². The van der Waals surface area contributed by atoms with E-state index in [1.807, 2.05) is 0 Å². The van der Waals surface area contributed by atoms with E-state index >= 15 is 0 Å². The van der Waals surface area contributed by atoms with Crippen molar-refractivity contribution in [1.82, 2.24) is 4.72 Å². The van der Waals surface area contributed by atoms with Crippen LogP contribution in [0.5, 0.6) is 0 Å². The van der Waals surface area contributed by atoms with Crippen molar-refractivity contribution in [2.75, 3.05) is 6.26 Å². The van der Waals surface area contributed by atoms with Crippen LogP contribution in [0, 0.1) is 0 Å². The maximum absolute atomic E-state index is 12.2. The second-order valence-corrected chi connectivity index (χ2v) is 8.92. The molecule has 0 bridgehead atoms. The van der Waals surface area contributed by atoms with Crippen LogP contribution in [0.25, 0.3) is 0 Å². The van der Waals surface area contributed by atoms with Crippen molar-refractivity contribution in [3.8, 4) is 0 Å². The lowest BCUT2D eigenvalue weighted by molar-refractivity contribution is 0.580. The number of hydrogen-bond acceptors (Lipinski definition) is 4. The van der Waals surface area contributed by atoms with Crippen LogP contribution in [0.4, 0.5) is 0 Å². The molecule has 0 heterocycles. The smallest absolute Gasteiger partial charge is 0.224 e. The van der Waals surface area contributed by atoms with Gasteiger partial charge in [-0.25, -0.2) is 21.6 Å². The molecule has 0 aromatic heterocycles. The van der Waals surface area contributed by atoms with Crippen LogP contribution in [0.3, 0.4) is 0 Å². The van der Waals surface area contributed by atoms with Gasteiger partial charge in [-0.3, -0.25) is 0 Å². The second kappa shape index (κ2) is 6.37. The first-order valence-corrected chi connectivity index (χ1v) is 9.98. The Bertz CT molecular complexity index is 875. The average molecular weight is 360 g/mol. The summed E-state index contributed by atoms with van der Waals surface area (Å²) in [5, 5.41) is 0.522.